The average Bonchev–Trinajstić information content (AvgIpc) is 2.97. The molecule has 0 spiro atoms. The predicted octanol–water partition coefficient (Wildman–Crippen LogP) is -0.580. The zero-order valence-corrected chi connectivity index (χ0v) is 14.3. The van der Waals surface area contributed by atoms with Gasteiger partial charge in [0.1, 0.15) is 18.7 Å². The van der Waals surface area contributed by atoms with Crippen LogP contribution in [0.5, 0.6) is 0 Å². The van der Waals surface area contributed by atoms with Crippen molar-refractivity contribution in [2.75, 3.05) is 31.6 Å². The number of β-amino-alcohol motifs (C(OH)–C–C–N with tert-alkyl or cyclic N) is 1. The van der Waals surface area contributed by atoms with E-state index in [-0.39, 0.29) is 30.5 Å². The van der Waals surface area contributed by atoms with Gasteiger partial charge in [-0.15, -0.1) is 0 Å². The number of amides is 3. The number of rotatable bonds is 5. The van der Waals surface area contributed by atoms with Gasteiger partial charge in [0.2, 0.25) is 5.91 Å². The van der Waals surface area contributed by atoms with Gasteiger partial charge >= 0.3 is 6.03 Å². The van der Waals surface area contributed by atoms with Gasteiger partial charge in [-0.25, -0.2) is 14.8 Å². The van der Waals surface area contributed by atoms with Crippen LogP contribution >= 0.6 is 0 Å². The first-order valence-electron chi connectivity index (χ1n) is 8.47. The van der Waals surface area contributed by atoms with Crippen LogP contribution in [0.15, 0.2) is 12.4 Å². The van der Waals surface area contributed by atoms with Crippen molar-refractivity contribution in [1.82, 2.24) is 20.2 Å². The lowest BCUT2D eigenvalue weighted by molar-refractivity contribution is -0.122. The van der Waals surface area contributed by atoms with E-state index in [1.807, 2.05) is 6.07 Å². The number of hydrogen-bond acceptors (Lipinski definition) is 6. The van der Waals surface area contributed by atoms with Crippen LogP contribution in [0.4, 0.5) is 10.6 Å². The van der Waals surface area contributed by atoms with E-state index in [2.05, 4.69) is 20.2 Å². The van der Waals surface area contributed by atoms with Gasteiger partial charge in [-0.1, -0.05) is 0 Å². The van der Waals surface area contributed by atoms with Gasteiger partial charge in [0, 0.05) is 43.9 Å². The lowest BCUT2D eigenvalue weighted by Gasteiger charge is -2.36. The van der Waals surface area contributed by atoms with Gasteiger partial charge in [0.05, 0.1) is 6.10 Å². The number of urea groups is 1. The van der Waals surface area contributed by atoms with E-state index in [0.29, 0.717) is 6.54 Å². The Kier molecular flexibility index (Phi) is 5.03. The molecule has 4 N–H and O–H groups in total. The summed E-state index contributed by atoms with van der Waals surface area (Å²) < 4.78 is 0. The summed E-state index contributed by atoms with van der Waals surface area (Å²) in [6.45, 7) is 1.37. The Balaban J connectivity index is 1.49. The summed E-state index contributed by atoms with van der Waals surface area (Å²) in [6.07, 6.45) is 3.65. The van der Waals surface area contributed by atoms with Crippen molar-refractivity contribution in [2.24, 2.45) is 5.73 Å². The minimum atomic E-state index is -0.623. The second-order valence-electron chi connectivity index (χ2n) is 6.82. The molecule has 0 bridgehead atoms. The first-order chi connectivity index (χ1) is 11.9. The average molecular weight is 348 g/mol. The normalized spacial score (nSPS) is 25.4. The van der Waals surface area contributed by atoms with Crippen LogP contribution < -0.4 is 16.0 Å². The smallest absolute Gasteiger partial charge is 0.314 e. The van der Waals surface area contributed by atoms with Crippen molar-refractivity contribution in [1.29, 1.82) is 0 Å². The van der Waals surface area contributed by atoms with Gasteiger partial charge in [-0.05, 0) is 19.3 Å². The molecular formula is C16H24N6O3. The SMILES string of the molecule is CN(CC(=O)NC1CC(c2cc(N3CC[C@@H](O)C3)ncn2)C1)C(N)=O. The highest BCUT2D eigenvalue weighted by atomic mass is 16.3. The minimum absolute atomic E-state index is 0.0363. The summed E-state index contributed by atoms with van der Waals surface area (Å²) in [4.78, 5) is 34.7. The van der Waals surface area contributed by atoms with Gasteiger partial charge in [0.25, 0.3) is 0 Å². The molecule has 1 aromatic heterocycles. The lowest BCUT2D eigenvalue weighted by atomic mass is 9.78. The van der Waals surface area contributed by atoms with E-state index in [9.17, 15) is 14.7 Å². The number of nitrogens with one attached hydrogen (secondary N) is 1. The van der Waals surface area contributed by atoms with Crippen LogP contribution in [0.1, 0.15) is 30.9 Å². The van der Waals surface area contributed by atoms with E-state index < -0.39 is 6.03 Å². The summed E-state index contributed by atoms with van der Waals surface area (Å²) >= 11 is 0. The molecule has 2 aliphatic rings. The fourth-order valence-electron chi connectivity index (χ4n) is 3.25. The molecule has 0 radical (unpaired) electrons. The molecule has 9 heteroatoms. The minimum Gasteiger partial charge on any atom is -0.391 e. The van der Waals surface area contributed by atoms with Crippen molar-refractivity contribution >= 4 is 17.8 Å². The summed E-state index contributed by atoms with van der Waals surface area (Å²) in [5, 5.41) is 12.6. The second-order valence-corrected chi connectivity index (χ2v) is 6.82. The zero-order valence-electron chi connectivity index (χ0n) is 14.3. The molecule has 2 fully saturated rings. The van der Waals surface area contributed by atoms with Crippen LogP contribution in [-0.4, -0.2) is 70.7 Å². The highest BCUT2D eigenvalue weighted by Crippen LogP contribution is 2.36. The maximum absolute atomic E-state index is 11.8. The molecule has 1 aromatic rings. The van der Waals surface area contributed by atoms with Gasteiger partial charge in [0.15, 0.2) is 0 Å². The van der Waals surface area contributed by atoms with Gasteiger partial charge < -0.3 is 26.0 Å². The largest absolute Gasteiger partial charge is 0.391 e. The van der Waals surface area contributed by atoms with Crippen LogP contribution in [0.3, 0.4) is 0 Å². The molecule has 2 heterocycles. The molecule has 1 atom stereocenters. The number of carbonyl (C=O) groups excluding carboxylic acids is 2. The number of hydrogen-bond donors (Lipinski definition) is 3. The molecule has 9 nitrogen and oxygen atoms in total. The fraction of sp³-hybridized carbons (Fsp3) is 0.625. The van der Waals surface area contributed by atoms with E-state index in [1.54, 1.807) is 6.33 Å². The number of nitrogens with zero attached hydrogens (tertiary/aromatic N) is 4. The van der Waals surface area contributed by atoms with Crippen molar-refractivity contribution in [3.63, 3.8) is 0 Å². The first-order valence-corrected chi connectivity index (χ1v) is 8.47. The summed E-state index contributed by atoms with van der Waals surface area (Å²) in [5.41, 5.74) is 6.07. The van der Waals surface area contributed by atoms with Crippen LogP contribution in [-0.2, 0) is 4.79 Å². The maximum Gasteiger partial charge on any atom is 0.314 e. The molecule has 136 valence electrons. The molecule has 0 aromatic carbocycles. The van der Waals surface area contributed by atoms with Gasteiger partial charge in [-0.3, -0.25) is 4.79 Å². The third-order valence-electron chi connectivity index (χ3n) is 4.84. The first kappa shape index (κ1) is 17.4. The number of nitrogens with two attached hydrogens (primary N) is 1. The molecule has 1 saturated carbocycles. The molecule has 3 rings (SSSR count). The van der Waals surface area contributed by atoms with Crippen molar-refractivity contribution in [3.8, 4) is 0 Å². The number of anilines is 1. The summed E-state index contributed by atoms with van der Waals surface area (Å²) in [7, 11) is 1.49. The van der Waals surface area contributed by atoms with Crippen molar-refractivity contribution in [2.45, 2.75) is 37.3 Å². The lowest BCUT2D eigenvalue weighted by Crippen LogP contribution is -2.48. The van der Waals surface area contributed by atoms with Gasteiger partial charge in [-0.2, -0.15) is 0 Å². The molecule has 0 unspecified atom stereocenters. The number of carbonyl (C=O) groups is 2. The monoisotopic (exact) mass is 348 g/mol. The highest BCUT2D eigenvalue weighted by Gasteiger charge is 2.33. The van der Waals surface area contributed by atoms with E-state index in [4.69, 9.17) is 5.73 Å². The third kappa shape index (κ3) is 4.16. The fourth-order valence-corrected chi connectivity index (χ4v) is 3.25. The Labute approximate surface area is 146 Å². The Bertz CT molecular complexity index is 649. The van der Waals surface area contributed by atoms with Crippen LogP contribution in [0, 0.1) is 0 Å². The Morgan fingerprint density at radius 2 is 2.20 bits per heavy atom. The molecular weight excluding hydrogens is 324 g/mol. The molecule has 25 heavy (non-hydrogen) atoms. The predicted molar refractivity (Wildman–Crippen MR) is 91.0 cm³/mol. The number of aliphatic hydroxyl groups excluding tert-OH is 1. The molecule has 1 aliphatic carbocycles. The van der Waals surface area contributed by atoms with Crippen molar-refractivity contribution < 1.29 is 14.7 Å². The van der Waals surface area contributed by atoms with E-state index in [0.717, 1.165) is 37.3 Å². The highest BCUT2D eigenvalue weighted by molar-refractivity contribution is 5.83. The Hall–Kier alpha value is -2.42. The third-order valence-corrected chi connectivity index (χ3v) is 4.84. The van der Waals surface area contributed by atoms with E-state index in [1.165, 1.54) is 11.9 Å². The summed E-state index contributed by atoms with van der Waals surface area (Å²) in [5.74, 6) is 0.921. The Morgan fingerprint density at radius 3 is 2.84 bits per heavy atom. The number of aliphatic hydroxyl groups is 1. The quantitative estimate of drug-likeness (QED) is 0.654. The van der Waals surface area contributed by atoms with E-state index >= 15 is 0 Å². The molecule has 3 amide bonds. The van der Waals surface area contributed by atoms with Crippen LogP contribution in [0.2, 0.25) is 0 Å². The Morgan fingerprint density at radius 1 is 1.44 bits per heavy atom. The maximum atomic E-state index is 11.8. The van der Waals surface area contributed by atoms with Crippen molar-refractivity contribution in [3.05, 3.63) is 18.1 Å². The number of likely N-dealkylation sites (N-methyl/N-ethyl adjacent to an activating group) is 1. The molecule has 1 saturated heterocycles. The van der Waals surface area contributed by atoms with Crippen LogP contribution in [0.25, 0.3) is 0 Å². The topological polar surface area (TPSA) is 125 Å². The number of aromatic nitrogens is 2. The summed E-state index contributed by atoms with van der Waals surface area (Å²) in [6, 6.07) is 1.44. The second kappa shape index (κ2) is 7.22. The molecule has 1 aliphatic heterocycles. The number of primary amides is 1. The standard InChI is InChI=1S/C16H24N6O3/c1-21(16(17)25)8-15(24)20-11-4-10(5-11)13-6-14(19-9-18-13)22-3-2-12(23)7-22/h6,9-12,23H,2-5,7-8H2,1H3,(H2,17,25)(H,20,24)/t10?,11?,12-/m1/s1. The zero-order chi connectivity index (χ0) is 18.0.